The second kappa shape index (κ2) is 8.96. The van der Waals surface area contributed by atoms with E-state index in [1.54, 1.807) is 61.5 Å². The van der Waals surface area contributed by atoms with Gasteiger partial charge >= 0.3 is 5.97 Å². The van der Waals surface area contributed by atoms with Crippen molar-refractivity contribution in [1.82, 2.24) is 0 Å². The van der Waals surface area contributed by atoms with Crippen molar-refractivity contribution in [1.29, 1.82) is 0 Å². The minimum absolute atomic E-state index is 0.0126. The van der Waals surface area contributed by atoms with Crippen LogP contribution in [0.2, 0.25) is 0 Å². The van der Waals surface area contributed by atoms with E-state index in [0.717, 1.165) is 5.56 Å². The van der Waals surface area contributed by atoms with E-state index in [-0.39, 0.29) is 23.8 Å². The molecule has 4 rings (SSSR count). The number of benzene rings is 3. The number of allylic oxidation sites excluding steroid dienone is 1. The number of methoxy groups -OCH3 is 1. The summed E-state index contributed by atoms with van der Waals surface area (Å²) in [5.41, 5.74) is 3.00. The van der Waals surface area contributed by atoms with Crippen LogP contribution < -0.4 is 9.47 Å². The Balaban J connectivity index is 1.50. The highest BCUT2D eigenvalue weighted by molar-refractivity contribution is 6.15. The second-order valence-electron chi connectivity index (χ2n) is 7.33. The molecule has 0 N–H and O–H groups in total. The molecule has 0 saturated carbocycles. The summed E-state index contributed by atoms with van der Waals surface area (Å²) < 4.78 is 16.4. The quantitative estimate of drug-likeness (QED) is 0.230. The number of nitrogens with zero attached hydrogens (tertiary/aromatic N) is 1. The van der Waals surface area contributed by atoms with E-state index >= 15 is 0 Å². The largest absolute Gasteiger partial charge is 0.488 e. The first kappa shape index (κ1) is 21.8. The van der Waals surface area contributed by atoms with Crippen molar-refractivity contribution in [3.05, 3.63) is 104 Å². The molecule has 1 aliphatic rings. The number of nitro groups is 1. The maximum atomic E-state index is 12.8. The van der Waals surface area contributed by atoms with Crippen molar-refractivity contribution in [2.24, 2.45) is 0 Å². The lowest BCUT2D eigenvalue weighted by Crippen LogP contribution is -2.01. The SMILES string of the molecule is COC(=O)c1ccc(/C=C2\Oc3c(ccc(OCc4ccc([N+](=O)[O-])cc4)c3C)C2=O)cc1. The number of esters is 1. The number of hydrogen-bond acceptors (Lipinski definition) is 7. The van der Waals surface area contributed by atoms with Gasteiger partial charge in [-0.05, 0) is 60.5 Å². The number of fused-ring (bicyclic) bond motifs is 1. The fourth-order valence-electron chi connectivity index (χ4n) is 3.38. The zero-order chi connectivity index (χ0) is 23.5. The number of ether oxygens (including phenoxy) is 3. The first-order chi connectivity index (χ1) is 15.9. The fraction of sp³-hybridized carbons (Fsp3) is 0.120. The summed E-state index contributed by atoms with van der Waals surface area (Å²) in [7, 11) is 1.31. The van der Waals surface area contributed by atoms with Crippen LogP contribution in [0.1, 0.15) is 37.4 Å². The smallest absolute Gasteiger partial charge is 0.337 e. The minimum atomic E-state index is -0.456. The number of nitro benzene ring substituents is 1. The normalized spacial score (nSPS) is 13.4. The van der Waals surface area contributed by atoms with Gasteiger partial charge in [0.1, 0.15) is 18.1 Å². The zero-order valence-corrected chi connectivity index (χ0v) is 17.9. The molecular weight excluding hydrogens is 426 g/mol. The van der Waals surface area contributed by atoms with Crippen molar-refractivity contribution in [3.8, 4) is 11.5 Å². The Hall–Kier alpha value is -4.46. The lowest BCUT2D eigenvalue weighted by molar-refractivity contribution is -0.384. The van der Waals surface area contributed by atoms with E-state index in [4.69, 9.17) is 9.47 Å². The summed E-state index contributed by atoms with van der Waals surface area (Å²) in [6.45, 7) is 2.01. The third-order valence-electron chi connectivity index (χ3n) is 5.21. The number of ketones is 1. The number of carbonyl (C=O) groups excluding carboxylic acids is 2. The van der Waals surface area contributed by atoms with Gasteiger partial charge in [0.25, 0.3) is 5.69 Å². The van der Waals surface area contributed by atoms with Gasteiger partial charge in [-0.1, -0.05) is 12.1 Å². The van der Waals surface area contributed by atoms with E-state index < -0.39 is 10.9 Å². The molecule has 0 amide bonds. The average molecular weight is 445 g/mol. The summed E-state index contributed by atoms with van der Waals surface area (Å²) in [6.07, 6.45) is 1.61. The molecular formula is C25H19NO7. The highest BCUT2D eigenvalue weighted by Gasteiger charge is 2.30. The van der Waals surface area contributed by atoms with E-state index in [1.165, 1.54) is 19.2 Å². The molecule has 0 fully saturated rings. The lowest BCUT2D eigenvalue weighted by Gasteiger charge is -2.11. The molecule has 33 heavy (non-hydrogen) atoms. The Labute approximate surface area is 189 Å². The van der Waals surface area contributed by atoms with Gasteiger partial charge in [0.15, 0.2) is 5.76 Å². The van der Waals surface area contributed by atoms with Gasteiger partial charge in [-0.25, -0.2) is 4.79 Å². The molecule has 8 nitrogen and oxygen atoms in total. The third-order valence-corrected chi connectivity index (χ3v) is 5.21. The molecule has 1 aliphatic heterocycles. The van der Waals surface area contributed by atoms with Crippen LogP contribution in [0.3, 0.4) is 0 Å². The second-order valence-corrected chi connectivity index (χ2v) is 7.33. The molecule has 0 aromatic heterocycles. The predicted molar refractivity (Wildman–Crippen MR) is 119 cm³/mol. The molecule has 0 atom stereocenters. The van der Waals surface area contributed by atoms with Crippen LogP contribution in [0.4, 0.5) is 5.69 Å². The molecule has 1 heterocycles. The maximum Gasteiger partial charge on any atom is 0.337 e. The summed E-state index contributed by atoms with van der Waals surface area (Å²) in [5, 5.41) is 10.8. The molecule has 0 unspecified atom stereocenters. The number of Topliss-reactive ketones (excluding diaryl/α,β-unsaturated/α-hetero) is 1. The fourth-order valence-corrected chi connectivity index (χ4v) is 3.38. The van der Waals surface area contributed by atoms with E-state index in [9.17, 15) is 19.7 Å². The van der Waals surface area contributed by atoms with Gasteiger partial charge in [-0.3, -0.25) is 14.9 Å². The van der Waals surface area contributed by atoms with Crippen LogP contribution in [0.5, 0.6) is 11.5 Å². The van der Waals surface area contributed by atoms with Crippen LogP contribution in [0.25, 0.3) is 6.08 Å². The molecule has 8 heteroatoms. The summed E-state index contributed by atoms with van der Waals surface area (Å²) in [4.78, 5) is 34.7. The number of rotatable bonds is 6. The number of carbonyl (C=O) groups is 2. The molecule has 0 spiro atoms. The van der Waals surface area contributed by atoms with Crippen LogP contribution in [0, 0.1) is 17.0 Å². The Morgan fingerprint density at radius 1 is 1.06 bits per heavy atom. The Morgan fingerprint density at radius 2 is 1.76 bits per heavy atom. The maximum absolute atomic E-state index is 12.8. The molecule has 0 aliphatic carbocycles. The van der Waals surface area contributed by atoms with Gasteiger partial charge in [-0.15, -0.1) is 0 Å². The van der Waals surface area contributed by atoms with Gasteiger partial charge in [-0.2, -0.15) is 0 Å². The molecule has 166 valence electrons. The highest BCUT2D eigenvalue weighted by atomic mass is 16.6. The summed E-state index contributed by atoms with van der Waals surface area (Å²) in [6, 6.07) is 16.1. The first-order valence-electron chi connectivity index (χ1n) is 9.99. The topological polar surface area (TPSA) is 105 Å². The van der Waals surface area contributed by atoms with Crippen LogP contribution in [-0.4, -0.2) is 23.8 Å². The van der Waals surface area contributed by atoms with E-state index in [0.29, 0.717) is 33.8 Å². The highest BCUT2D eigenvalue weighted by Crippen LogP contribution is 2.39. The number of non-ortho nitro benzene ring substituents is 1. The summed E-state index contributed by atoms with van der Waals surface area (Å²) in [5.74, 6) is 0.465. The van der Waals surface area contributed by atoms with Gasteiger partial charge in [0.05, 0.1) is 23.2 Å². The minimum Gasteiger partial charge on any atom is -0.488 e. The summed E-state index contributed by atoms with van der Waals surface area (Å²) >= 11 is 0. The average Bonchev–Trinajstić information content (AvgIpc) is 3.15. The van der Waals surface area contributed by atoms with Gasteiger partial charge in [0, 0.05) is 17.7 Å². The van der Waals surface area contributed by atoms with Crippen molar-refractivity contribution >= 4 is 23.5 Å². The van der Waals surface area contributed by atoms with Crippen molar-refractivity contribution in [3.63, 3.8) is 0 Å². The molecule has 3 aromatic rings. The van der Waals surface area contributed by atoms with Crippen molar-refractivity contribution < 1.29 is 28.7 Å². The molecule has 0 saturated heterocycles. The predicted octanol–water partition coefficient (Wildman–Crippen LogP) is 4.89. The Morgan fingerprint density at radius 3 is 2.39 bits per heavy atom. The van der Waals surface area contributed by atoms with Crippen molar-refractivity contribution in [2.45, 2.75) is 13.5 Å². The standard InChI is InChI=1S/C25H19NO7/c1-15-21(32-14-17-5-9-19(10-6-17)26(29)30)12-11-20-23(27)22(33-24(15)20)13-16-3-7-18(8-4-16)25(28)31-2/h3-13H,14H2,1-2H3/b22-13-. The third kappa shape index (κ3) is 4.45. The van der Waals surface area contributed by atoms with Gasteiger partial charge < -0.3 is 14.2 Å². The molecule has 3 aromatic carbocycles. The van der Waals surface area contributed by atoms with E-state index in [2.05, 4.69) is 4.74 Å². The zero-order valence-electron chi connectivity index (χ0n) is 17.9. The Kier molecular flexibility index (Phi) is 5.91. The molecule has 0 radical (unpaired) electrons. The number of hydrogen-bond donors (Lipinski definition) is 0. The first-order valence-corrected chi connectivity index (χ1v) is 9.99. The van der Waals surface area contributed by atoms with Gasteiger partial charge in [0.2, 0.25) is 5.78 Å². The van der Waals surface area contributed by atoms with Crippen molar-refractivity contribution in [2.75, 3.05) is 7.11 Å². The van der Waals surface area contributed by atoms with Crippen LogP contribution in [0.15, 0.2) is 66.4 Å². The molecule has 0 bridgehead atoms. The van der Waals surface area contributed by atoms with Crippen LogP contribution >= 0.6 is 0 Å². The Bertz CT molecular complexity index is 1280. The lowest BCUT2D eigenvalue weighted by atomic mass is 10.1. The van der Waals surface area contributed by atoms with Crippen LogP contribution in [-0.2, 0) is 11.3 Å². The monoisotopic (exact) mass is 445 g/mol. The van der Waals surface area contributed by atoms with E-state index in [1.807, 2.05) is 0 Å².